The van der Waals surface area contributed by atoms with E-state index in [-0.39, 0.29) is 11.8 Å². The number of carbonyl (C=O) groups is 1. The summed E-state index contributed by atoms with van der Waals surface area (Å²) >= 11 is 0. The average molecular weight is 471 g/mol. The summed E-state index contributed by atoms with van der Waals surface area (Å²) < 4.78 is 7.62. The fraction of sp³-hybridized carbons (Fsp3) is 0.370. The zero-order valence-corrected chi connectivity index (χ0v) is 20.5. The number of nitrogen functional groups attached to an aromatic ring is 1. The highest BCUT2D eigenvalue weighted by Crippen LogP contribution is 2.51. The highest BCUT2D eigenvalue weighted by molar-refractivity contribution is 6.04. The molecular formula is C27H30N6O2. The largest absolute Gasteiger partial charge is 0.496 e. The number of carbonyl (C=O) groups excluding carboxylic acids is 1. The number of ether oxygens (including phenoxy) is 1. The van der Waals surface area contributed by atoms with Crippen LogP contribution in [0.15, 0.2) is 42.7 Å². The number of methoxy groups -OCH3 is 1. The smallest absolute Gasteiger partial charge is 0.246 e. The summed E-state index contributed by atoms with van der Waals surface area (Å²) in [5.41, 5.74) is 9.67. The number of aromatic nitrogens is 3. The lowest BCUT2D eigenvalue weighted by atomic mass is 10.0. The molecular weight excluding hydrogens is 440 g/mol. The van der Waals surface area contributed by atoms with Crippen molar-refractivity contribution in [1.82, 2.24) is 24.3 Å². The Kier molecular flexibility index (Phi) is 5.95. The number of amides is 1. The minimum atomic E-state index is 0.0898. The van der Waals surface area contributed by atoms with Gasteiger partial charge in [-0.25, -0.2) is 9.97 Å². The van der Waals surface area contributed by atoms with Crippen molar-refractivity contribution in [3.63, 3.8) is 0 Å². The normalized spacial score (nSPS) is 20.8. The van der Waals surface area contributed by atoms with Crippen molar-refractivity contribution >= 4 is 22.8 Å². The Hall–Kier alpha value is -3.83. The van der Waals surface area contributed by atoms with Crippen molar-refractivity contribution in [2.24, 2.45) is 24.8 Å². The van der Waals surface area contributed by atoms with E-state index in [1.54, 1.807) is 13.2 Å². The van der Waals surface area contributed by atoms with E-state index < -0.39 is 0 Å². The van der Waals surface area contributed by atoms with E-state index in [0.29, 0.717) is 17.7 Å². The Bertz CT molecular complexity index is 1370. The molecule has 35 heavy (non-hydrogen) atoms. The number of nitrogens with zero attached hydrogens (tertiary/aromatic N) is 5. The Morgan fingerprint density at radius 3 is 2.71 bits per heavy atom. The molecule has 0 radical (unpaired) electrons. The van der Waals surface area contributed by atoms with E-state index in [1.807, 2.05) is 65.9 Å². The van der Waals surface area contributed by atoms with Crippen LogP contribution >= 0.6 is 0 Å². The fourth-order valence-electron chi connectivity index (χ4n) is 5.08. The maximum atomic E-state index is 12.5. The molecule has 8 nitrogen and oxygen atoms in total. The van der Waals surface area contributed by atoms with Gasteiger partial charge in [-0.05, 0) is 37.9 Å². The molecule has 8 heteroatoms. The number of benzene rings is 1. The van der Waals surface area contributed by atoms with Gasteiger partial charge in [0.25, 0.3) is 0 Å². The summed E-state index contributed by atoms with van der Waals surface area (Å²) in [4.78, 5) is 25.1. The van der Waals surface area contributed by atoms with Gasteiger partial charge < -0.3 is 24.8 Å². The standard InChI is InChI=1S/C27H30N6O2/c1-31(2)13-7-10-23(34)33-14-19-17(20(19)15-33)11-12-21-24(18-8-5-6-9-22(18)35-4)25-26(28)29-16-30-27(25)32(21)3/h5-10,16-17,19-20H,13-15H2,1-4H3,(H2,28,29,30)/b10-7+/t17?,19-,20+. The van der Waals surface area contributed by atoms with Crippen LogP contribution in [-0.2, 0) is 11.8 Å². The van der Waals surface area contributed by atoms with Crippen LogP contribution in [0.3, 0.4) is 0 Å². The number of likely N-dealkylation sites (tertiary alicyclic amines) is 1. The monoisotopic (exact) mass is 470 g/mol. The summed E-state index contributed by atoms with van der Waals surface area (Å²) in [7, 11) is 7.58. The van der Waals surface area contributed by atoms with E-state index in [1.165, 1.54) is 6.33 Å². The van der Waals surface area contributed by atoms with E-state index in [0.717, 1.165) is 53.2 Å². The number of likely N-dealkylation sites (N-methyl/N-ethyl adjacent to an activating group) is 1. The average Bonchev–Trinajstić information content (AvgIpc) is 3.16. The summed E-state index contributed by atoms with van der Waals surface area (Å²) in [6, 6.07) is 7.84. The molecule has 0 bridgehead atoms. The Labute approximate surface area is 205 Å². The second-order valence-electron chi connectivity index (χ2n) is 9.47. The number of anilines is 1. The number of rotatable bonds is 5. The molecule has 2 fully saturated rings. The van der Waals surface area contributed by atoms with Gasteiger partial charge in [-0.2, -0.15) is 0 Å². The zero-order chi connectivity index (χ0) is 24.7. The van der Waals surface area contributed by atoms with E-state index >= 15 is 0 Å². The van der Waals surface area contributed by atoms with Crippen LogP contribution in [0.25, 0.3) is 22.2 Å². The minimum absolute atomic E-state index is 0.0898. The summed E-state index contributed by atoms with van der Waals surface area (Å²) in [6.07, 6.45) is 5.08. The van der Waals surface area contributed by atoms with Crippen molar-refractivity contribution in [1.29, 1.82) is 0 Å². The molecule has 0 spiro atoms. The molecule has 1 unspecified atom stereocenters. The molecule has 2 aliphatic rings. The lowest BCUT2D eigenvalue weighted by Crippen LogP contribution is -2.30. The van der Waals surface area contributed by atoms with Crippen LogP contribution in [0.4, 0.5) is 5.82 Å². The molecule has 3 atom stereocenters. The van der Waals surface area contributed by atoms with Crippen molar-refractivity contribution in [2.75, 3.05) is 46.6 Å². The lowest BCUT2D eigenvalue weighted by Gasteiger charge is -2.16. The zero-order valence-electron chi connectivity index (χ0n) is 20.5. The highest BCUT2D eigenvalue weighted by Gasteiger charge is 2.55. The van der Waals surface area contributed by atoms with Crippen LogP contribution in [0.5, 0.6) is 5.75 Å². The van der Waals surface area contributed by atoms with Gasteiger partial charge >= 0.3 is 0 Å². The van der Waals surface area contributed by atoms with Gasteiger partial charge in [0.1, 0.15) is 29.2 Å². The number of fused-ring (bicyclic) bond motifs is 2. The Morgan fingerprint density at radius 1 is 1.26 bits per heavy atom. The number of aryl methyl sites for hydroxylation is 1. The molecule has 2 N–H and O–H groups in total. The summed E-state index contributed by atoms with van der Waals surface area (Å²) in [6.45, 7) is 2.29. The molecule has 1 aliphatic heterocycles. The maximum absolute atomic E-state index is 12.5. The van der Waals surface area contributed by atoms with Gasteiger partial charge in [0.2, 0.25) is 5.91 Å². The van der Waals surface area contributed by atoms with Crippen molar-refractivity contribution in [3.05, 3.63) is 48.4 Å². The number of para-hydroxylation sites is 1. The van der Waals surface area contributed by atoms with Crippen molar-refractivity contribution < 1.29 is 9.53 Å². The van der Waals surface area contributed by atoms with Crippen LogP contribution in [0.1, 0.15) is 5.69 Å². The first-order valence-electron chi connectivity index (χ1n) is 11.7. The molecule has 5 rings (SSSR count). The Balaban J connectivity index is 1.43. The highest BCUT2D eigenvalue weighted by atomic mass is 16.5. The number of hydrogen-bond acceptors (Lipinski definition) is 6. The second kappa shape index (κ2) is 9.08. The number of hydrogen-bond donors (Lipinski definition) is 1. The topological polar surface area (TPSA) is 89.5 Å². The third-order valence-corrected chi connectivity index (χ3v) is 6.97. The van der Waals surface area contributed by atoms with Gasteiger partial charge in [0, 0.05) is 49.8 Å². The fourth-order valence-corrected chi connectivity index (χ4v) is 5.08. The van der Waals surface area contributed by atoms with Crippen molar-refractivity contribution in [3.8, 4) is 28.7 Å². The first kappa shape index (κ1) is 22.9. The minimum Gasteiger partial charge on any atom is -0.496 e. The lowest BCUT2D eigenvalue weighted by molar-refractivity contribution is -0.125. The number of nitrogens with two attached hydrogens (primary N) is 1. The molecule has 3 aromatic rings. The molecule has 3 heterocycles. The van der Waals surface area contributed by atoms with Crippen molar-refractivity contribution in [2.45, 2.75) is 0 Å². The van der Waals surface area contributed by atoms with E-state index in [4.69, 9.17) is 10.5 Å². The summed E-state index contributed by atoms with van der Waals surface area (Å²) in [5, 5.41) is 0.779. The first-order valence-corrected chi connectivity index (χ1v) is 11.7. The molecule has 1 saturated heterocycles. The third-order valence-electron chi connectivity index (χ3n) is 6.97. The number of piperidine rings is 1. The predicted octanol–water partition coefficient (Wildman–Crippen LogP) is 2.40. The molecule has 180 valence electrons. The third kappa shape index (κ3) is 4.13. The summed E-state index contributed by atoms with van der Waals surface area (Å²) in [5.74, 6) is 9.34. The SMILES string of the molecule is COc1ccccc1-c1c(C#CC2[C@H]3CN(C(=O)/C=C/CN(C)C)C[C@@H]23)n(C)c2ncnc(N)c12. The van der Waals surface area contributed by atoms with Gasteiger partial charge in [-0.1, -0.05) is 30.2 Å². The molecule has 1 aromatic carbocycles. The predicted molar refractivity (Wildman–Crippen MR) is 137 cm³/mol. The second-order valence-corrected chi connectivity index (χ2v) is 9.47. The quantitative estimate of drug-likeness (QED) is 0.455. The Morgan fingerprint density at radius 2 is 2.00 bits per heavy atom. The molecule has 1 saturated carbocycles. The van der Waals surface area contributed by atoms with Crippen LogP contribution < -0.4 is 10.5 Å². The maximum Gasteiger partial charge on any atom is 0.246 e. The van der Waals surface area contributed by atoms with E-state index in [2.05, 4.69) is 21.8 Å². The first-order chi connectivity index (χ1) is 16.9. The van der Waals surface area contributed by atoms with Gasteiger partial charge in [0.05, 0.1) is 12.5 Å². The van der Waals surface area contributed by atoms with Gasteiger partial charge in [0.15, 0.2) is 0 Å². The van der Waals surface area contributed by atoms with Crippen LogP contribution in [-0.4, -0.2) is 71.1 Å². The van der Waals surface area contributed by atoms with E-state index in [9.17, 15) is 4.79 Å². The van der Waals surface area contributed by atoms with Crippen LogP contribution in [0.2, 0.25) is 0 Å². The molecule has 1 amide bonds. The molecule has 1 aliphatic carbocycles. The van der Waals surface area contributed by atoms with Gasteiger partial charge in [-0.3, -0.25) is 4.79 Å². The van der Waals surface area contributed by atoms with Gasteiger partial charge in [-0.15, -0.1) is 0 Å². The molecule has 2 aromatic heterocycles. The van der Waals surface area contributed by atoms with Crippen LogP contribution in [0, 0.1) is 29.6 Å².